The van der Waals surface area contributed by atoms with Crippen LogP contribution in [-0.2, 0) is 20.8 Å². The van der Waals surface area contributed by atoms with E-state index >= 15 is 0 Å². The average molecular weight is 279 g/mol. The maximum atomic E-state index is 12.7. The van der Waals surface area contributed by atoms with Gasteiger partial charge >= 0.3 is 0 Å². The molecule has 2 atom stereocenters. The molecule has 4 nitrogen and oxygen atoms in total. The SMILES string of the molecule is CC(CS(C)=O)NS(=O)(=O)c1ccc(F)cc1. The summed E-state index contributed by atoms with van der Waals surface area (Å²) in [6.07, 6.45) is 1.50. The van der Waals surface area contributed by atoms with Crippen LogP contribution in [0.15, 0.2) is 29.2 Å². The van der Waals surface area contributed by atoms with Crippen molar-refractivity contribution in [2.45, 2.75) is 17.9 Å². The van der Waals surface area contributed by atoms with Gasteiger partial charge in [0.15, 0.2) is 0 Å². The van der Waals surface area contributed by atoms with Crippen molar-refractivity contribution >= 4 is 20.8 Å². The highest BCUT2D eigenvalue weighted by molar-refractivity contribution is 7.89. The van der Waals surface area contributed by atoms with Crippen LogP contribution in [0.4, 0.5) is 4.39 Å². The zero-order valence-electron chi connectivity index (χ0n) is 9.51. The van der Waals surface area contributed by atoms with Gasteiger partial charge in [-0.1, -0.05) is 0 Å². The summed E-state index contributed by atoms with van der Waals surface area (Å²) in [7, 11) is -4.75. The first-order valence-corrected chi connectivity index (χ1v) is 8.10. The molecule has 1 rings (SSSR count). The van der Waals surface area contributed by atoms with Crippen LogP contribution in [0.3, 0.4) is 0 Å². The summed E-state index contributed by atoms with van der Waals surface area (Å²) >= 11 is 0. The molecule has 1 aromatic rings. The standard InChI is InChI=1S/C10H14FNO3S2/c1-8(7-16(2)13)12-17(14,15)10-5-3-9(11)4-6-10/h3-6,8,12H,7H2,1-2H3. The lowest BCUT2D eigenvalue weighted by molar-refractivity contribution is 0.569. The van der Waals surface area contributed by atoms with Gasteiger partial charge in [-0.3, -0.25) is 4.21 Å². The van der Waals surface area contributed by atoms with E-state index in [0.29, 0.717) is 0 Å². The lowest BCUT2D eigenvalue weighted by Crippen LogP contribution is -2.36. The third-order valence-corrected chi connectivity index (χ3v) is 4.54. The Morgan fingerprint density at radius 3 is 2.35 bits per heavy atom. The summed E-state index contributed by atoms with van der Waals surface area (Å²) in [5.74, 6) is -0.257. The van der Waals surface area contributed by atoms with Crippen molar-refractivity contribution in [2.75, 3.05) is 12.0 Å². The molecule has 0 saturated heterocycles. The number of benzene rings is 1. The Labute approximate surface area is 103 Å². The second-order valence-corrected chi connectivity index (χ2v) is 6.91. The lowest BCUT2D eigenvalue weighted by atomic mass is 10.4. The molecule has 96 valence electrons. The average Bonchev–Trinajstić information content (AvgIpc) is 2.15. The van der Waals surface area contributed by atoms with Crippen molar-refractivity contribution in [2.24, 2.45) is 0 Å². The van der Waals surface area contributed by atoms with Crippen molar-refractivity contribution in [1.29, 1.82) is 0 Å². The first-order valence-electron chi connectivity index (χ1n) is 4.89. The highest BCUT2D eigenvalue weighted by Crippen LogP contribution is 2.10. The van der Waals surface area contributed by atoms with Crippen LogP contribution >= 0.6 is 0 Å². The minimum absolute atomic E-state index is 0.00682. The summed E-state index contributed by atoms with van der Waals surface area (Å²) in [4.78, 5) is -0.00682. The van der Waals surface area contributed by atoms with Gasteiger partial charge in [-0.25, -0.2) is 17.5 Å². The molecule has 7 heteroatoms. The molecule has 0 aliphatic heterocycles. The first kappa shape index (κ1) is 14.3. The second kappa shape index (κ2) is 5.70. The van der Waals surface area contributed by atoms with Crippen LogP contribution in [0.1, 0.15) is 6.92 Å². The van der Waals surface area contributed by atoms with E-state index in [2.05, 4.69) is 4.72 Å². The zero-order valence-corrected chi connectivity index (χ0v) is 11.1. The van der Waals surface area contributed by atoms with Crippen LogP contribution in [0, 0.1) is 5.82 Å². The molecule has 0 heterocycles. The topological polar surface area (TPSA) is 63.2 Å². The molecule has 0 bridgehead atoms. The largest absolute Gasteiger partial charge is 0.260 e. The Bertz CT molecular complexity index is 499. The first-order chi connectivity index (χ1) is 7.81. The highest BCUT2D eigenvalue weighted by Gasteiger charge is 2.17. The fourth-order valence-electron chi connectivity index (χ4n) is 1.33. The summed E-state index contributed by atoms with van der Waals surface area (Å²) < 4.78 is 49.6. The number of hydrogen-bond donors (Lipinski definition) is 1. The molecule has 0 amide bonds. The Morgan fingerprint density at radius 2 is 1.88 bits per heavy atom. The van der Waals surface area contributed by atoms with Gasteiger partial charge in [-0.05, 0) is 31.2 Å². The molecule has 1 N–H and O–H groups in total. The summed E-state index contributed by atoms with van der Waals surface area (Å²) in [6.45, 7) is 1.63. The van der Waals surface area contributed by atoms with Gasteiger partial charge < -0.3 is 0 Å². The van der Waals surface area contributed by atoms with Crippen LogP contribution in [-0.4, -0.2) is 30.7 Å². The molecule has 0 aliphatic rings. The van der Waals surface area contributed by atoms with Crippen molar-refractivity contribution in [1.82, 2.24) is 4.72 Å². The summed E-state index contributed by atoms with van der Waals surface area (Å²) in [5, 5.41) is 0. The van der Waals surface area contributed by atoms with E-state index in [9.17, 15) is 17.0 Å². The number of hydrogen-bond acceptors (Lipinski definition) is 3. The van der Waals surface area contributed by atoms with Crippen molar-refractivity contribution in [3.05, 3.63) is 30.1 Å². The van der Waals surface area contributed by atoms with Crippen LogP contribution in [0.25, 0.3) is 0 Å². The Hall–Kier alpha value is -0.790. The van der Waals surface area contributed by atoms with Gasteiger partial charge in [-0.2, -0.15) is 0 Å². The third-order valence-electron chi connectivity index (χ3n) is 1.96. The fraction of sp³-hybridized carbons (Fsp3) is 0.400. The predicted octanol–water partition coefficient (Wildman–Crippen LogP) is 0.871. The number of nitrogens with one attached hydrogen (secondary N) is 1. The Morgan fingerprint density at radius 1 is 1.35 bits per heavy atom. The molecule has 0 radical (unpaired) electrons. The van der Waals surface area contributed by atoms with Gasteiger partial charge in [0.1, 0.15) is 5.82 Å². The van der Waals surface area contributed by atoms with Gasteiger partial charge in [0, 0.05) is 28.9 Å². The molecule has 0 saturated carbocycles. The van der Waals surface area contributed by atoms with Gasteiger partial charge in [-0.15, -0.1) is 0 Å². The third kappa shape index (κ3) is 4.53. The molecule has 0 spiro atoms. The monoisotopic (exact) mass is 279 g/mol. The van der Waals surface area contributed by atoms with Crippen LogP contribution < -0.4 is 4.72 Å². The van der Waals surface area contributed by atoms with E-state index in [1.165, 1.54) is 18.4 Å². The minimum Gasteiger partial charge on any atom is -0.260 e. The fourth-order valence-corrected chi connectivity index (χ4v) is 3.47. The predicted molar refractivity (Wildman–Crippen MR) is 65.1 cm³/mol. The van der Waals surface area contributed by atoms with Gasteiger partial charge in [0.2, 0.25) is 10.0 Å². The molecule has 0 aromatic heterocycles. The molecule has 0 aliphatic carbocycles. The van der Waals surface area contributed by atoms with Gasteiger partial charge in [0.25, 0.3) is 0 Å². The van der Waals surface area contributed by atoms with E-state index in [1.54, 1.807) is 6.92 Å². The van der Waals surface area contributed by atoms with E-state index in [-0.39, 0.29) is 10.6 Å². The van der Waals surface area contributed by atoms with Crippen molar-refractivity contribution in [3.8, 4) is 0 Å². The molecule has 0 fully saturated rings. The van der Waals surface area contributed by atoms with Crippen molar-refractivity contribution < 1.29 is 17.0 Å². The lowest BCUT2D eigenvalue weighted by Gasteiger charge is -2.12. The van der Waals surface area contributed by atoms with E-state index in [4.69, 9.17) is 0 Å². The zero-order chi connectivity index (χ0) is 13.1. The quantitative estimate of drug-likeness (QED) is 0.870. The van der Waals surface area contributed by atoms with E-state index in [1.807, 2.05) is 0 Å². The normalized spacial score (nSPS) is 15.5. The van der Waals surface area contributed by atoms with Crippen molar-refractivity contribution in [3.63, 3.8) is 0 Å². The molecule has 17 heavy (non-hydrogen) atoms. The second-order valence-electron chi connectivity index (χ2n) is 3.72. The number of rotatable bonds is 5. The van der Waals surface area contributed by atoms with E-state index in [0.717, 1.165) is 12.1 Å². The smallest absolute Gasteiger partial charge is 0.240 e. The molecule has 1 aromatic carbocycles. The summed E-state index contributed by atoms with van der Waals surface area (Å²) in [6, 6.07) is 4.10. The van der Waals surface area contributed by atoms with Gasteiger partial charge in [0.05, 0.1) is 4.90 Å². The van der Waals surface area contributed by atoms with E-state index < -0.39 is 32.7 Å². The number of halogens is 1. The summed E-state index contributed by atoms with van der Waals surface area (Å²) in [5.41, 5.74) is 0. The number of sulfonamides is 1. The van der Waals surface area contributed by atoms with Crippen LogP contribution in [0.2, 0.25) is 0 Å². The minimum atomic E-state index is -3.67. The molecule has 2 unspecified atom stereocenters. The van der Waals surface area contributed by atoms with Crippen LogP contribution in [0.5, 0.6) is 0 Å². The molecular formula is C10H14FNO3S2. The molecular weight excluding hydrogens is 265 g/mol. The maximum Gasteiger partial charge on any atom is 0.240 e. The Kier molecular flexibility index (Phi) is 4.79. The Balaban J connectivity index is 2.82. The maximum absolute atomic E-state index is 12.7. The highest BCUT2D eigenvalue weighted by atomic mass is 32.2.